The van der Waals surface area contributed by atoms with Crippen molar-refractivity contribution in [3.8, 4) is 23.1 Å². The molecule has 0 aliphatic carbocycles. The molecule has 0 saturated heterocycles. The number of aryl methyl sites for hydroxylation is 1. The summed E-state index contributed by atoms with van der Waals surface area (Å²) < 4.78 is 13.8. The topological polar surface area (TPSA) is 59.8 Å². The fourth-order valence-corrected chi connectivity index (χ4v) is 3.65. The summed E-state index contributed by atoms with van der Waals surface area (Å²) in [5.74, 6) is 1.91. The second-order valence-electron chi connectivity index (χ2n) is 8.14. The highest BCUT2D eigenvalue weighted by Gasteiger charge is 2.25. The van der Waals surface area contributed by atoms with Crippen LogP contribution in [-0.4, -0.2) is 45.6 Å². The molecular weight excluding hydrogens is 402 g/mol. The van der Waals surface area contributed by atoms with Gasteiger partial charge in [-0.3, -0.25) is 4.90 Å². The zero-order valence-corrected chi connectivity index (χ0v) is 19.4. The quantitative estimate of drug-likeness (QED) is 0.423. The number of methoxy groups -OCH3 is 1. The van der Waals surface area contributed by atoms with E-state index in [0.29, 0.717) is 30.5 Å². The zero-order valence-electron chi connectivity index (χ0n) is 19.4. The average molecular weight is 436 g/mol. The second-order valence-corrected chi connectivity index (χ2v) is 8.14. The van der Waals surface area contributed by atoms with Crippen molar-refractivity contribution in [1.29, 1.82) is 0 Å². The lowest BCUT2D eigenvalue weighted by Gasteiger charge is -2.29. The minimum absolute atomic E-state index is 0.467. The van der Waals surface area contributed by atoms with E-state index in [1.54, 1.807) is 20.1 Å². The van der Waals surface area contributed by atoms with Crippen molar-refractivity contribution in [3.63, 3.8) is 0 Å². The average Bonchev–Trinajstić information content (AvgIpc) is 3.09. The van der Waals surface area contributed by atoms with Crippen molar-refractivity contribution in [2.24, 2.45) is 0 Å². The van der Waals surface area contributed by atoms with Crippen LogP contribution in [0.25, 0.3) is 5.69 Å². The highest BCUT2D eigenvalue weighted by atomic mass is 16.5. The molecule has 1 aromatic heterocycles. The van der Waals surface area contributed by atoms with Crippen LogP contribution < -0.4 is 9.47 Å². The highest BCUT2D eigenvalue weighted by molar-refractivity contribution is 5.47. The van der Waals surface area contributed by atoms with Gasteiger partial charge in [-0.2, -0.15) is 5.10 Å². The molecule has 2 aromatic carbocycles. The lowest BCUT2D eigenvalue weighted by molar-refractivity contribution is 0.0584. The molecule has 0 radical (unpaired) electrons. The molecule has 0 amide bonds. The summed E-state index contributed by atoms with van der Waals surface area (Å²) in [5, 5.41) is 15.4. The summed E-state index contributed by atoms with van der Waals surface area (Å²) in [7, 11) is 1.63. The van der Waals surface area contributed by atoms with E-state index in [4.69, 9.17) is 14.6 Å². The van der Waals surface area contributed by atoms with Gasteiger partial charge in [-0.15, -0.1) is 6.58 Å². The number of para-hydroxylation sites is 3. The second kappa shape index (κ2) is 10.5. The van der Waals surface area contributed by atoms with Crippen LogP contribution in [0.2, 0.25) is 0 Å². The molecule has 0 unspecified atom stereocenters. The van der Waals surface area contributed by atoms with Crippen LogP contribution in [-0.2, 0) is 6.54 Å². The summed E-state index contributed by atoms with van der Waals surface area (Å²) in [6.45, 7) is 11.5. The maximum Gasteiger partial charge on any atom is 0.227 e. The standard InChI is InChI=1S/C26H33N3O3/c1-6-17-28(19-26(4,30)7-2)18-22-20(3)27-29(21-13-9-8-10-14-21)25(22)32-24-16-12-11-15-23(24)31-5/h7-16,30H,2,6,17-19H2,1,3-5H3/t26-/m0/s1. The Balaban J connectivity index is 2.06. The largest absolute Gasteiger partial charge is 0.493 e. The van der Waals surface area contributed by atoms with E-state index in [9.17, 15) is 5.11 Å². The number of aromatic nitrogens is 2. The molecule has 0 aliphatic heterocycles. The summed E-state index contributed by atoms with van der Waals surface area (Å²) in [4.78, 5) is 2.20. The third-order valence-corrected chi connectivity index (χ3v) is 5.32. The summed E-state index contributed by atoms with van der Waals surface area (Å²) in [6, 6.07) is 17.5. The normalized spacial score (nSPS) is 13.1. The van der Waals surface area contributed by atoms with E-state index in [-0.39, 0.29) is 0 Å². The molecule has 1 heterocycles. The predicted molar refractivity (Wildman–Crippen MR) is 128 cm³/mol. The summed E-state index contributed by atoms with van der Waals surface area (Å²) in [6.07, 6.45) is 2.55. The molecule has 0 fully saturated rings. The van der Waals surface area contributed by atoms with Gasteiger partial charge in [0.05, 0.1) is 29.7 Å². The van der Waals surface area contributed by atoms with Gasteiger partial charge in [-0.05, 0) is 51.1 Å². The van der Waals surface area contributed by atoms with E-state index in [1.165, 1.54) is 0 Å². The molecule has 0 saturated carbocycles. The molecule has 1 N–H and O–H groups in total. The predicted octanol–water partition coefficient (Wildman–Crippen LogP) is 5.13. The smallest absolute Gasteiger partial charge is 0.227 e. The fraction of sp³-hybridized carbons (Fsp3) is 0.346. The fourth-order valence-electron chi connectivity index (χ4n) is 3.65. The molecule has 6 heteroatoms. The van der Waals surface area contributed by atoms with Gasteiger partial charge in [-0.1, -0.05) is 43.3 Å². The number of aliphatic hydroxyl groups is 1. The maximum atomic E-state index is 10.6. The molecule has 3 aromatic rings. The molecule has 0 spiro atoms. The first kappa shape index (κ1) is 23.6. The van der Waals surface area contributed by atoms with Crippen molar-refractivity contribution in [2.75, 3.05) is 20.2 Å². The summed E-state index contributed by atoms with van der Waals surface area (Å²) >= 11 is 0. The van der Waals surface area contributed by atoms with Gasteiger partial charge >= 0.3 is 0 Å². The van der Waals surface area contributed by atoms with Gasteiger partial charge in [0.15, 0.2) is 11.5 Å². The van der Waals surface area contributed by atoms with Crippen LogP contribution in [0.1, 0.15) is 31.5 Å². The SMILES string of the molecule is C=C[C@](C)(O)CN(CCC)Cc1c(C)nn(-c2ccccc2)c1Oc1ccccc1OC. The number of hydrogen-bond acceptors (Lipinski definition) is 5. The molecule has 3 rings (SSSR count). The van der Waals surface area contributed by atoms with E-state index in [2.05, 4.69) is 18.4 Å². The van der Waals surface area contributed by atoms with Gasteiger partial charge in [-0.25, -0.2) is 4.68 Å². The number of nitrogens with zero attached hydrogens (tertiary/aromatic N) is 3. The van der Waals surface area contributed by atoms with Crippen molar-refractivity contribution in [1.82, 2.24) is 14.7 Å². The minimum atomic E-state index is -0.984. The van der Waals surface area contributed by atoms with Crippen molar-refractivity contribution in [2.45, 2.75) is 39.3 Å². The van der Waals surface area contributed by atoms with E-state index >= 15 is 0 Å². The van der Waals surface area contributed by atoms with Gasteiger partial charge in [0, 0.05) is 13.1 Å². The van der Waals surface area contributed by atoms with Gasteiger partial charge in [0.1, 0.15) is 0 Å². The Morgan fingerprint density at radius 3 is 2.41 bits per heavy atom. The third kappa shape index (κ3) is 5.58. The van der Waals surface area contributed by atoms with E-state index in [1.807, 2.05) is 66.2 Å². The molecule has 170 valence electrons. The Morgan fingerprint density at radius 2 is 1.78 bits per heavy atom. The van der Waals surface area contributed by atoms with Crippen LogP contribution in [0.4, 0.5) is 0 Å². The number of benzene rings is 2. The minimum Gasteiger partial charge on any atom is -0.493 e. The Labute approximate surface area is 190 Å². The van der Waals surface area contributed by atoms with Crippen LogP contribution in [0, 0.1) is 6.92 Å². The van der Waals surface area contributed by atoms with E-state index in [0.717, 1.165) is 29.9 Å². The molecular formula is C26H33N3O3. The lowest BCUT2D eigenvalue weighted by Crippen LogP contribution is -2.39. The molecule has 32 heavy (non-hydrogen) atoms. The van der Waals surface area contributed by atoms with Crippen LogP contribution in [0.3, 0.4) is 0 Å². The van der Waals surface area contributed by atoms with Gasteiger partial charge < -0.3 is 14.6 Å². The van der Waals surface area contributed by atoms with E-state index < -0.39 is 5.60 Å². The third-order valence-electron chi connectivity index (χ3n) is 5.32. The highest BCUT2D eigenvalue weighted by Crippen LogP contribution is 2.36. The zero-order chi connectivity index (χ0) is 23.1. The Bertz CT molecular complexity index is 1030. The first-order chi connectivity index (χ1) is 15.4. The van der Waals surface area contributed by atoms with Gasteiger partial charge in [0.2, 0.25) is 5.88 Å². The Kier molecular flexibility index (Phi) is 7.72. The van der Waals surface area contributed by atoms with Crippen molar-refractivity contribution >= 4 is 0 Å². The molecule has 0 aliphatic rings. The Morgan fingerprint density at radius 1 is 1.12 bits per heavy atom. The maximum absolute atomic E-state index is 10.6. The first-order valence-corrected chi connectivity index (χ1v) is 10.9. The van der Waals surface area contributed by atoms with Crippen LogP contribution in [0.15, 0.2) is 67.3 Å². The van der Waals surface area contributed by atoms with Crippen molar-refractivity contribution < 1.29 is 14.6 Å². The monoisotopic (exact) mass is 435 g/mol. The Hall–Kier alpha value is -3.09. The summed E-state index contributed by atoms with van der Waals surface area (Å²) in [5.41, 5.74) is 1.76. The number of ether oxygens (including phenoxy) is 2. The molecule has 1 atom stereocenters. The molecule has 0 bridgehead atoms. The lowest BCUT2D eigenvalue weighted by atomic mass is 10.1. The number of hydrogen-bond donors (Lipinski definition) is 1. The van der Waals surface area contributed by atoms with Crippen LogP contribution in [0.5, 0.6) is 17.4 Å². The number of rotatable bonds is 11. The van der Waals surface area contributed by atoms with Crippen molar-refractivity contribution in [3.05, 3.63) is 78.5 Å². The van der Waals surface area contributed by atoms with Crippen LogP contribution >= 0.6 is 0 Å². The molecule has 6 nitrogen and oxygen atoms in total. The first-order valence-electron chi connectivity index (χ1n) is 10.9. The van der Waals surface area contributed by atoms with Gasteiger partial charge in [0.25, 0.3) is 0 Å².